The molecule has 0 bridgehead atoms. The first-order chi connectivity index (χ1) is 12.0. The van der Waals surface area contributed by atoms with E-state index in [1.165, 1.54) is 18.2 Å². The van der Waals surface area contributed by atoms with Gasteiger partial charge in [0.25, 0.3) is 5.91 Å². The van der Waals surface area contributed by atoms with Crippen LogP contribution in [0.5, 0.6) is 0 Å². The molecule has 1 aliphatic carbocycles. The first-order valence-corrected chi connectivity index (χ1v) is 7.97. The third-order valence-electron chi connectivity index (χ3n) is 5.04. The number of nitrogens with zero attached hydrogens (tertiary/aromatic N) is 1. The molecule has 1 fully saturated rings. The Balaban J connectivity index is 1.92. The lowest BCUT2D eigenvalue weighted by Gasteiger charge is -2.39. The summed E-state index contributed by atoms with van der Waals surface area (Å²) in [5.74, 6) is -3.39. The minimum Gasteiger partial charge on any atom is -0.289 e. The zero-order valence-electron chi connectivity index (χ0n) is 13.3. The molecule has 1 aromatic carbocycles. The van der Waals surface area contributed by atoms with Crippen LogP contribution >= 0.6 is 0 Å². The lowest BCUT2D eigenvalue weighted by atomic mass is 9.65. The number of benzene rings is 1. The van der Waals surface area contributed by atoms with Gasteiger partial charge in [-0.2, -0.15) is 0 Å². The van der Waals surface area contributed by atoms with Crippen molar-refractivity contribution in [3.63, 3.8) is 0 Å². The maximum absolute atomic E-state index is 14.3. The normalized spacial score (nSPS) is 23.3. The fourth-order valence-corrected chi connectivity index (χ4v) is 3.69. The first kappa shape index (κ1) is 17.4. The van der Waals surface area contributed by atoms with Crippen LogP contribution in [0.4, 0.5) is 13.2 Å². The number of hydrogen-bond acceptors (Lipinski definition) is 3. The molecule has 1 heterocycles. The number of rotatable bonds is 3. The van der Waals surface area contributed by atoms with Crippen molar-refractivity contribution in [1.29, 1.82) is 0 Å². The second-order valence-corrected chi connectivity index (χ2v) is 6.34. The van der Waals surface area contributed by atoms with E-state index in [0.717, 1.165) is 12.3 Å². The molecule has 0 saturated heterocycles. The monoisotopic (exact) mass is 350 g/mol. The molecule has 0 radical (unpaired) electrons. The summed E-state index contributed by atoms with van der Waals surface area (Å²) in [7, 11) is 0. The summed E-state index contributed by atoms with van der Waals surface area (Å²) in [6.45, 7) is 0. The summed E-state index contributed by atoms with van der Waals surface area (Å²) in [6.07, 6.45) is 3.97. The molecule has 1 saturated carbocycles. The standard InChI is InChI=1S/C18H17F3N2O2/c19-13-8-12(9-22-10-13)11-4-6-18(7-5-11,17(24)23-25)14-2-1-3-15(20)16(14)21/h1-3,8-11,25H,4-7H2,(H,23,24). The van der Waals surface area contributed by atoms with Crippen molar-refractivity contribution >= 4 is 5.91 Å². The highest BCUT2D eigenvalue weighted by atomic mass is 19.2. The van der Waals surface area contributed by atoms with Gasteiger partial charge in [-0.3, -0.25) is 15.0 Å². The van der Waals surface area contributed by atoms with Crippen molar-refractivity contribution in [3.8, 4) is 0 Å². The molecule has 1 amide bonds. The second kappa shape index (κ2) is 6.84. The van der Waals surface area contributed by atoms with Gasteiger partial charge in [0.1, 0.15) is 5.82 Å². The number of halogens is 3. The lowest BCUT2D eigenvalue weighted by molar-refractivity contribution is -0.136. The fraction of sp³-hybridized carbons (Fsp3) is 0.333. The molecule has 0 atom stereocenters. The number of carbonyl (C=O) groups excluding carboxylic acids is 1. The summed E-state index contributed by atoms with van der Waals surface area (Å²) >= 11 is 0. The summed E-state index contributed by atoms with van der Waals surface area (Å²) in [4.78, 5) is 16.2. The Labute approximate surface area is 142 Å². The molecule has 0 unspecified atom stereocenters. The third-order valence-corrected chi connectivity index (χ3v) is 5.04. The molecular formula is C18H17F3N2O2. The fourth-order valence-electron chi connectivity index (χ4n) is 3.69. The van der Waals surface area contributed by atoms with Crippen molar-refractivity contribution < 1.29 is 23.2 Å². The minimum atomic E-state index is -1.36. The summed E-state index contributed by atoms with van der Waals surface area (Å²) in [5.41, 5.74) is 0.853. The molecule has 0 aliphatic heterocycles. The van der Waals surface area contributed by atoms with Crippen LogP contribution in [0.2, 0.25) is 0 Å². The number of pyridine rings is 1. The van der Waals surface area contributed by atoms with Crippen molar-refractivity contribution in [3.05, 3.63) is 65.2 Å². The first-order valence-electron chi connectivity index (χ1n) is 7.97. The van der Waals surface area contributed by atoms with Gasteiger partial charge < -0.3 is 0 Å². The molecule has 1 aliphatic rings. The zero-order chi connectivity index (χ0) is 18.0. The lowest BCUT2D eigenvalue weighted by Crippen LogP contribution is -2.46. The van der Waals surface area contributed by atoms with Gasteiger partial charge in [0.15, 0.2) is 11.6 Å². The van der Waals surface area contributed by atoms with Gasteiger partial charge >= 0.3 is 0 Å². The van der Waals surface area contributed by atoms with Crippen LogP contribution in [0.3, 0.4) is 0 Å². The van der Waals surface area contributed by atoms with E-state index in [1.54, 1.807) is 11.7 Å². The van der Waals surface area contributed by atoms with Crippen LogP contribution in [-0.2, 0) is 10.2 Å². The predicted molar refractivity (Wildman–Crippen MR) is 83.4 cm³/mol. The number of amides is 1. The number of hydroxylamine groups is 1. The number of nitrogens with one attached hydrogen (secondary N) is 1. The Morgan fingerprint density at radius 1 is 1.20 bits per heavy atom. The molecule has 2 N–H and O–H groups in total. The number of aromatic nitrogens is 1. The quantitative estimate of drug-likeness (QED) is 0.657. The maximum atomic E-state index is 14.3. The highest BCUT2D eigenvalue weighted by molar-refractivity contribution is 5.87. The largest absolute Gasteiger partial charge is 0.289 e. The van der Waals surface area contributed by atoms with Crippen molar-refractivity contribution in [1.82, 2.24) is 10.5 Å². The molecule has 3 rings (SSSR count). The van der Waals surface area contributed by atoms with Crippen LogP contribution in [0.15, 0.2) is 36.7 Å². The van der Waals surface area contributed by atoms with Crippen molar-refractivity contribution in [2.24, 2.45) is 0 Å². The molecular weight excluding hydrogens is 333 g/mol. The van der Waals surface area contributed by atoms with E-state index in [0.29, 0.717) is 18.4 Å². The second-order valence-electron chi connectivity index (χ2n) is 6.34. The SMILES string of the molecule is O=C(NO)C1(c2cccc(F)c2F)CCC(c2cncc(F)c2)CC1. The summed E-state index contributed by atoms with van der Waals surface area (Å²) in [5, 5.41) is 9.12. The average molecular weight is 350 g/mol. The van der Waals surface area contributed by atoms with Crippen LogP contribution in [0, 0.1) is 17.5 Å². The molecule has 1 aromatic heterocycles. The van der Waals surface area contributed by atoms with E-state index in [1.807, 2.05) is 0 Å². The molecule has 25 heavy (non-hydrogen) atoms. The van der Waals surface area contributed by atoms with E-state index in [9.17, 15) is 18.0 Å². The van der Waals surface area contributed by atoms with E-state index in [-0.39, 0.29) is 24.3 Å². The number of hydrogen-bond donors (Lipinski definition) is 2. The van der Waals surface area contributed by atoms with E-state index in [4.69, 9.17) is 5.21 Å². The predicted octanol–water partition coefficient (Wildman–Crippen LogP) is 3.60. The van der Waals surface area contributed by atoms with Gasteiger partial charge in [0.2, 0.25) is 0 Å². The van der Waals surface area contributed by atoms with Gasteiger partial charge in [0, 0.05) is 11.8 Å². The maximum Gasteiger partial charge on any atom is 0.254 e. The van der Waals surface area contributed by atoms with Crippen LogP contribution in [-0.4, -0.2) is 16.1 Å². The Hall–Kier alpha value is -2.41. The Morgan fingerprint density at radius 2 is 1.92 bits per heavy atom. The zero-order valence-corrected chi connectivity index (χ0v) is 13.3. The van der Waals surface area contributed by atoms with E-state index in [2.05, 4.69) is 4.98 Å². The van der Waals surface area contributed by atoms with Crippen LogP contribution in [0.25, 0.3) is 0 Å². The van der Waals surface area contributed by atoms with Gasteiger partial charge in [-0.05, 0) is 49.3 Å². The van der Waals surface area contributed by atoms with E-state index < -0.39 is 28.8 Å². The third kappa shape index (κ3) is 3.11. The Bertz CT molecular complexity index is 790. The van der Waals surface area contributed by atoms with Crippen molar-refractivity contribution in [2.75, 3.05) is 0 Å². The highest BCUT2D eigenvalue weighted by Gasteiger charge is 2.45. The van der Waals surface area contributed by atoms with Gasteiger partial charge in [-0.15, -0.1) is 0 Å². The van der Waals surface area contributed by atoms with Gasteiger partial charge in [-0.1, -0.05) is 12.1 Å². The topological polar surface area (TPSA) is 62.2 Å². The van der Waals surface area contributed by atoms with E-state index >= 15 is 0 Å². The molecule has 2 aromatic rings. The summed E-state index contributed by atoms with van der Waals surface area (Å²) < 4.78 is 41.3. The number of carbonyl (C=O) groups is 1. The highest BCUT2D eigenvalue weighted by Crippen LogP contribution is 2.46. The van der Waals surface area contributed by atoms with Crippen LogP contribution < -0.4 is 5.48 Å². The molecule has 132 valence electrons. The average Bonchev–Trinajstić information content (AvgIpc) is 2.63. The minimum absolute atomic E-state index is 0.0422. The van der Waals surface area contributed by atoms with Crippen molar-refractivity contribution in [2.45, 2.75) is 37.0 Å². The Kier molecular flexibility index (Phi) is 4.76. The smallest absolute Gasteiger partial charge is 0.254 e. The summed E-state index contributed by atoms with van der Waals surface area (Å²) in [6, 6.07) is 5.06. The van der Waals surface area contributed by atoms with Crippen LogP contribution in [0.1, 0.15) is 42.7 Å². The van der Waals surface area contributed by atoms with Gasteiger partial charge in [0.05, 0.1) is 11.6 Å². The Morgan fingerprint density at radius 3 is 2.56 bits per heavy atom. The molecule has 4 nitrogen and oxygen atoms in total. The molecule has 0 spiro atoms. The molecule has 7 heteroatoms. The van der Waals surface area contributed by atoms with Gasteiger partial charge in [-0.25, -0.2) is 18.7 Å².